The maximum absolute atomic E-state index is 13.9. The highest BCUT2D eigenvalue weighted by Gasteiger charge is 2.33. The molecule has 0 fully saturated rings. The number of unbranched alkanes of at least 4 members (excludes halogenated alkanes) is 1. The number of hydrogen-bond acceptors (Lipinski definition) is 5. The molecule has 11 heteroatoms. The van der Waals surface area contributed by atoms with E-state index in [-0.39, 0.29) is 5.56 Å². The van der Waals surface area contributed by atoms with Gasteiger partial charge in [0.1, 0.15) is 12.4 Å². The smallest absolute Gasteiger partial charge is 0.416 e. The molecule has 2 heterocycles. The van der Waals surface area contributed by atoms with Crippen molar-refractivity contribution in [3.05, 3.63) is 89.9 Å². The van der Waals surface area contributed by atoms with Gasteiger partial charge in [-0.25, -0.2) is 4.98 Å². The van der Waals surface area contributed by atoms with Gasteiger partial charge in [0, 0.05) is 35.4 Å². The highest BCUT2D eigenvalue weighted by molar-refractivity contribution is 7.84. The van der Waals surface area contributed by atoms with Crippen LogP contribution in [0.5, 0.6) is 5.75 Å². The van der Waals surface area contributed by atoms with Gasteiger partial charge in [-0.2, -0.15) is 13.2 Å². The van der Waals surface area contributed by atoms with Gasteiger partial charge in [0.25, 0.3) is 0 Å². The van der Waals surface area contributed by atoms with Crippen molar-refractivity contribution >= 4 is 28.5 Å². The number of amides is 1. The molecule has 1 aromatic heterocycles. The average molecular weight is 652 g/mol. The van der Waals surface area contributed by atoms with Crippen LogP contribution in [0.2, 0.25) is 0 Å². The van der Waals surface area contributed by atoms with Crippen LogP contribution in [0.3, 0.4) is 0 Å². The van der Waals surface area contributed by atoms with Crippen LogP contribution >= 0.6 is 0 Å². The number of ether oxygens (including phenoxy) is 2. The van der Waals surface area contributed by atoms with Crippen LogP contribution in [0.4, 0.5) is 18.9 Å². The van der Waals surface area contributed by atoms with E-state index in [0.717, 1.165) is 55.4 Å². The minimum absolute atomic E-state index is 0.142. The Bertz CT molecular complexity index is 1730. The van der Waals surface area contributed by atoms with Crippen molar-refractivity contribution in [3.8, 4) is 28.1 Å². The van der Waals surface area contributed by atoms with Crippen LogP contribution in [0, 0.1) is 0 Å². The van der Waals surface area contributed by atoms with Crippen molar-refractivity contribution in [2.75, 3.05) is 25.1 Å². The summed E-state index contributed by atoms with van der Waals surface area (Å²) >= 11 is 0. The lowest BCUT2D eigenvalue weighted by molar-refractivity contribution is -0.137. The number of rotatable bonds is 13. The monoisotopic (exact) mass is 651 g/mol. The predicted molar refractivity (Wildman–Crippen MR) is 174 cm³/mol. The van der Waals surface area contributed by atoms with E-state index in [2.05, 4.69) is 24.1 Å². The van der Waals surface area contributed by atoms with Gasteiger partial charge in [-0.1, -0.05) is 38.5 Å². The Morgan fingerprint density at radius 2 is 1.78 bits per heavy atom. The van der Waals surface area contributed by atoms with Gasteiger partial charge in [-0.15, -0.1) is 0 Å². The van der Waals surface area contributed by atoms with Crippen LogP contribution in [0.15, 0.2) is 78.0 Å². The topological polar surface area (TPSA) is 82.4 Å². The first-order valence-electron chi connectivity index (χ1n) is 15.3. The number of hydrogen-bond donors (Lipinski definition) is 1. The van der Waals surface area contributed by atoms with E-state index in [1.54, 1.807) is 48.8 Å². The number of aryl methyl sites for hydroxylation is 1. The molecule has 1 aliphatic heterocycles. The molecule has 46 heavy (non-hydrogen) atoms. The van der Waals surface area contributed by atoms with Gasteiger partial charge in [0.05, 0.1) is 46.4 Å². The lowest BCUT2D eigenvalue weighted by Gasteiger charge is -2.18. The maximum atomic E-state index is 13.9. The summed E-state index contributed by atoms with van der Waals surface area (Å²) in [5.74, 6) is 0.391. The molecular weight excluding hydrogens is 615 g/mol. The van der Waals surface area contributed by atoms with Crippen LogP contribution in [0.25, 0.3) is 28.5 Å². The molecule has 5 rings (SSSR count). The second kappa shape index (κ2) is 14.9. The number of anilines is 1. The molecule has 1 amide bonds. The molecule has 4 aromatic rings. The number of alkyl halides is 3. The SMILES string of the molecule is CCCCOCCOc1ccc(-c2ccc(C(F)(F)F)c(/C=C/C(=O)Nc3ccc4c(c3)-c3ncn(CCC)c3C[S@]4=O)c2)cc1. The normalized spacial score (nSPS) is 14.2. The standard InChI is InChI=1S/C35H36F3N3O4S/c1-3-5-17-44-18-19-45-28-11-6-24(7-12-28)25-8-13-30(35(36,37)38)26(20-25)9-15-33(42)40-27-10-14-32-29(21-27)34-31(22-46(32)43)41(16-4-2)23-39-34/h6-15,20-21,23H,3-5,16-19,22H2,1-2H3,(H,40,42)/b15-9+/t46-/m1/s1. The van der Waals surface area contributed by atoms with Crippen molar-refractivity contribution in [2.24, 2.45) is 0 Å². The average Bonchev–Trinajstić information content (AvgIpc) is 3.44. The van der Waals surface area contributed by atoms with E-state index in [9.17, 15) is 22.2 Å². The van der Waals surface area contributed by atoms with Gasteiger partial charge in [0.15, 0.2) is 0 Å². The van der Waals surface area contributed by atoms with Crippen LogP contribution in [-0.2, 0) is 38.8 Å². The third-order valence-electron chi connectivity index (χ3n) is 7.52. The predicted octanol–water partition coefficient (Wildman–Crippen LogP) is 8.11. The number of fused-ring (bicyclic) bond motifs is 3. The Hall–Kier alpha value is -4.22. The molecule has 1 atom stereocenters. The number of nitrogens with one attached hydrogen (secondary N) is 1. The van der Waals surface area contributed by atoms with E-state index in [0.29, 0.717) is 58.6 Å². The highest BCUT2D eigenvalue weighted by Crippen LogP contribution is 2.38. The molecule has 0 saturated heterocycles. The molecule has 1 aliphatic rings. The fourth-order valence-electron chi connectivity index (χ4n) is 5.21. The van der Waals surface area contributed by atoms with Crippen molar-refractivity contribution < 1.29 is 31.6 Å². The van der Waals surface area contributed by atoms with Crippen LogP contribution in [0.1, 0.15) is 49.9 Å². The summed E-state index contributed by atoms with van der Waals surface area (Å²) in [6.45, 7) is 6.46. The summed E-state index contributed by atoms with van der Waals surface area (Å²) in [4.78, 5) is 18.0. The summed E-state index contributed by atoms with van der Waals surface area (Å²) in [5.41, 5.74) is 2.95. The molecule has 0 unspecified atom stereocenters. The summed E-state index contributed by atoms with van der Waals surface area (Å²) in [6, 6.07) is 15.9. The molecule has 7 nitrogen and oxygen atoms in total. The van der Waals surface area contributed by atoms with E-state index >= 15 is 0 Å². The fraction of sp³-hybridized carbons (Fsp3) is 0.314. The Balaban J connectivity index is 1.30. The van der Waals surface area contributed by atoms with Crippen molar-refractivity contribution in [3.63, 3.8) is 0 Å². The first-order chi connectivity index (χ1) is 22.2. The molecule has 0 radical (unpaired) electrons. The quantitative estimate of drug-likeness (QED) is 0.117. The molecule has 0 aliphatic carbocycles. The zero-order chi connectivity index (χ0) is 32.7. The van der Waals surface area contributed by atoms with Crippen molar-refractivity contribution in [1.29, 1.82) is 0 Å². The number of benzene rings is 3. The van der Waals surface area contributed by atoms with Crippen molar-refractivity contribution in [2.45, 2.75) is 56.5 Å². The largest absolute Gasteiger partial charge is 0.491 e. The fourth-order valence-corrected chi connectivity index (χ4v) is 6.54. The third kappa shape index (κ3) is 7.94. The first-order valence-corrected chi connectivity index (χ1v) is 16.6. The minimum atomic E-state index is -4.61. The lowest BCUT2D eigenvalue weighted by Crippen LogP contribution is -2.13. The van der Waals surface area contributed by atoms with Gasteiger partial charge in [-0.3, -0.25) is 9.00 Å². The van der Waals surface area contributed by atoms with Gasteiger partial charge >= 0.3 is 6.18 Å². The Kier molecular flexibility index (Phi) is 10.7. The molecular formula is C35H36F3N3O4S. The van der Waals surface area contributed by atoms with Gasteiger partial charge in [-0.05, 0) is 78.1 Å². The molecule has 242 valence electrons. The summed E-state index contributed by atoms with van der Waals surface area (Å²) in [7, 11) is -1.26. The Morgan fingerprint density at radius 1 is 1.00 bits per heavy atom. The first kappa shape index (κ1) is 33.2. The second-order valence-corrected chi connectivity index (χ2v) is 12.3. The third-order valence-corrected chi connectivity index (χ3v) is 8.91. The molecule has 0 bridgehead atoms. The van der Waals surface area contributed by atoms with Gasteiger partial charge < -0.3 is 19.4 Å². The summed E-state index contributed by atoms with van der Waals surface area (Å²) in [5, 5.41) is 2.72. The Morgan fingerprint density at radius 3 is 2.52 bits per heavy atom. The van der Waals surface area contributed by atoms with Crippen LogP contribution in [-0.4, -0.2) is 39.5 Å². The van der Waals surface area contributed by atoms with E-state index in [4.69, 9.17) is 9.47 Å². The number of imidazole rings is 1. The zero-order valence-electron chi connectivity index (χ0n) is 25.7. The second-order valence-electron chi connectivity index (χ2n) is 10.9. The molecule has 0 spiro atoms. The summed E-state index contributed by atoms with van der Waals surface area (Å²) < 4.78 is 67.8. The van der Waals surface area contributed by atoms with Crippen LogP contribution < -0.4 is 10.1 Å². The van der Waals surface area contributed by atoms with E-state index in [1.807, 2.05) is 4.57 Å². The molecule has 3 aromatic carbocycles. The number of carbonyl (C=O) groups is 1. The summed E-state index contributed by atoms with van der Waals surface area (Å²) in [6.07, 6.45) is 2.32. The van der Waals surface area contributed by atoms with Gasteiger partial charge in [0.2, 0.25) is 5.91 Å². The van der Waals surface area contributed by atoms with Crippen molar-refractivity contribution in [1.82, 2.24) is 9.55 Å². The zero-order valence-corrected chi connectivity index (χ0v) is 26.5. The Labute approximate surface area is 268 Å². The number of halogens is 3. The number of nitrogens with zero attached hydrogens (tertiary/aromatic N) is 2. The molecule has 1 N–H and O–H groups in total. The number of carbonyl (C=O) groups excluding carboxylic acids is 1. The number of aromatic nitrogens is 2. The maximum Gasteiger partial charge on any atom is 0.416 e. The molecule has 0 saturated carbocycles. The minimum Gasteiger partial charge on any atom is -0.491 e. The van der Waals surface area contributed by atoms with E-state index < -0.39 is 28.4 Å². The highest BCUT2D eigenvalue weighted by atomic mass is 32.2. The van der Waals surface area contributed by atoms with E-state index in [1.165, 1.54) is 12.1 Å². The lowest BCUT2D eigenvalue weighted by atomic mass is 9.98.